The SMILES string of the molecule is CCCCCCC([C@@H](C)O)n1cnc2c(N)nccc21. The molecule has 5 nitrogen and oxygen atoms in total. The van der Waals surface area contributed by atoms with Gasteiger partial charge in [-0.25, -0.2) is 9.97 Å². The monoisotopic (exact) mass is 276 g/mol. The number of fused-ring (bicyclic) bond motifs is 1. The number of unbranched alkanes of at least 4 members (excludes halogenated alkanes) is 3. The van der Waals surface area contributed by atoms with Gasteiger partial charge >= 0.3 is 0 Å². The fourth-order valence-corrected chi connectivity index (χ4v) is 2.64. The number of imidazole rings is 1. The van der Waals surface area contributed by atoms with Crippen LogP contribution in [0.15, 0.2) is 18.6 Å². The second kappa shape index (κ2) is 6.70. The van der Waals surface area contributed by atoms with Gasteiger partial charge in [0.15, 0.2) is 5.82 Å². The molecule has 0 bridgehead atoms. The van der Waals surface area contributed by atoms with Gasteiger partial charge in [0, 0.05) is 6.20 Å². The van der Waals surface area contributed by atoms with E-state index < -0.39 is 6.10 Å². The first kappa shape index (κ1) is 14.8. The molecule has 2 aromatic rings. The van der Waals surface area contributed by atoms with E-state index in [1.165, 1.54) is 19.3 Å². The van der Waals surface area contributed by atoms with Crippen LogP contribution in [0.3, 0.4) is 0 Å². The van der Waals surface area contributed by atoms with Gasteiger partial charge in [-0.2, -0.15) is 0 Å². The van der Waals surface area contributed by atoms with Crippen molar-refractivity contribution in [2.75, 3.05) is 5.73 Å². The van der Waals surface area contributed by atoms with Crippen LogP contribution in [0.4, 0.5) is 5.82 Å². The molecular formula is C15H24N4O. The average molecular weight is 276 g/mol. The Bertz CT molecular complexity index is 550. The number of aliphatic hydroxyl groups is 1. The van der Waals surface area contributed by atoms with E-state index in [2.05, 4.69) is 16.9 Å². The van der Waals surface area contributed by atoms with Crippen LogP contribution in [-0.4, -0.2) is 25.7 Å². The Balaban J connectivity index is 2.21. The summed E-state index contributed by atoms with van der Waals surface area (Å²) in [5, 5.41) is 10.1. The molecule has 110 valence electrons. The minimum absolute atomic E-state index is 0.0404. The molecule has 2 aromatic heterocycles. The number of anilines is 1. The fraction of sp³-hybridized carbons (Fsp3) is 0.600. The molecule has 0 saturated heterocycles. The maximum absolute atomic E-state index is 10.1. The van der Waals surface area contributed by atoms with Crippen molar-refractivity contribution in [2.24, 2.45) is 0 Å². The Morgan fingerprint density at radius 3 is 2.80 bits per heavy atom. The van der Waals surface area contributed by atoms with E-state index >= 15 is 0 Å². The summed E-state index contributed by atoms with van der Waals surface area (Å²) in [7, 11) is 0. The summed E-state index contributed by atoms with van der Waals surface area (Å²) < 4.78 is 2.03. The van der Waals surface area contributed by atoms with Crippen molar-refractivity contribution in [3.05, 3.63) is 18.6 Å². The predicted molar refractivity (Wildman–Crippen MR) is 81.4 cm³/mol. The molecule has 0 aliphatic heterocycles. The third-order valence-electron chi connectivity index (χ3n) is 3.79. The molecule has 0 aromatic carbocycles. The molecule has 20 heavy (non-hydrogen) atoms. The summed E-state index contributed by atoms with van der Waals surface area (Å²) >= 11 is 0. The van der Waals surface area contributed by atoms with E-state index in [4.69, 9.17) is 5.73 Å². The van der Waals surface area contributed by atoms with Crippen molar-refractivity contribution in [1.29, 1.82) is 0 Å². The first-order valence-electron chi connectivity index (χ1n) is 7.40. The summed E-state index contributed by atoms with van der Waals surface area (Å²) in [5.74, 6) is 0.441. The lowest BCUT2D eigenvalue weighted by Crippen LogP contribution is -2.21. The lowest BCUT2D eigenvalue weighted by Gasteiger charge is -2.22. The van der Waals surface area contributed by atoms with Gasteiger partial charge in [0.05, 0.1) is 24.0 Å². The third kappa shape index (κ3) is 3.10. The van der Waals surface area contributed by atoms with E-state index in [-0.39, 0.29) is 6.04 Å². The second-order valence-corrected chi connectivity index (χ2v) is 5.37. The standard InChI is InChI=1S/C15H24N4O/c1-3-4-5-6-7-12(11(2)20)19-10-18-14-13(19)8-9-17-15(14)16/h8-12,20H,3-7H2,1-2H3,(H2,16,17)/t11-,12?/m1/s1. The van der Waals surface area contributed by atoms with Crippen LogP contribution in [0.1, 0.15) is 52.0 Å². The Morgan fingerprint density at radius 2 is 2.10 bits per heavy atom. The van der Waals surface area contributed by atoms with Crippen LogP contribution < -0.4 is 5.73 Å². The number of rotatable bonds is 7. The fourth-order valence-electron chi connectivity index (χ4n) is 2.64. The molecule has 0 saturated carbocycles. The van der Waals surface area contributed by atoms with Gasteiger partial charge in [0.1, 0.15) is 5.52 Å². The molecule has 1 unspecified atom stereocenters. The molecule has 0 spiro atoms. The number of aromatic nitrogens is 3. The van der Waals surface area contributed by atoms with E-state index in [0.717, 1.165) is 18.4 Å². The minimum Gasteiger partial charge on any atom is -0.391 e. The van der Waals surface area contributed by atoms with E-state index in [9.17, 15) is 5.11 Å². The Kier molecular flexibility index (Phi) is 4.95. The topological polar surface area (TPSA) is 77.0 Å². The van der Waals surface area contributed by atoms with Gasteiger partial charge in [0.2, 0.25) is 0 Å². The molecule has 0 fully saturated rings. The average Bonchev–Trinajstić information content (AvgIpc) is 2.84. The van der Waals surface area contributed by atoms with Crippen molar-refractivity contribution in [2.45, 2.75) is 58.1 Å². The zero-order valence-corrected chi connectivity index (χ0v) is 12.3. The summed E-state index contributed by atoms with van der Waals surface area (Å²) in [6.07, 6.45) is 8.77. The highest BCUT2D eigenvalue weighted by Gasteiger charge is 2.19. The highest BCUT2D eigenvalue weighted by molar-refractivity contribution is 5.84. The van der Waals surface area contributed by atoms with E-state index in [0.29, 0.717) is 11.3 Å². The van der Waals surface area contributed by atoms with Crippen molar-refractivity contribution < 1.29 is 5.11 Å². The Labute approximate surface area is 119 Å². The predicted octanol–water partition coefficient (Wildman–Crippen LogP) is 2.91. The first-order chi connectivity index (χ1) is 9.65. The van der Waals surface area contributed by atoms with Gasteiger partial charge in [-0.15, -0.1) is 0 Å². The Hall–Kier alpha value is -1.62. The van der Waals surface area contributed by atoms with E-state index in [1.54, 1.807) is 12.5 Å². The molecule has 0 aliphatic rings. The summed E-state index contributed by atoms with van der Waals surface area (Å²) in [6.45, 7) is 4.03. The lowest BCUT2D eigenvalue weighted by molar-refractivity contribution is 0.125. The van der Waals surface area contributed by atoms with Crippen LogP contribution >= 0.6 is 0 Å². The number of hydrogen-bond acceptors (Lipinski definition) is 4. The molecule has 5 heteroatoms. The van der Waals surface area contributed by atoms with E-state index in [1.807, 2.05) is 17.6 Å². The second-order valence-electron chi connectivity index (χ2n) is 5.37. The van der Waals surface area contributed by atoms with Crippen molar-refractivity contribution in [3.8, 4) is 0 Å². The molecule has 2 rings (SSSR count). The van der Waals surface area contributed by atoms with Crippen LogP contribution in [0.5, 0.6) is 0 Å². The van der Waals surface area contributed by atoms with Crippen LogP contribution in [0.25, 0.3) is 11.0 Å². The number of pyridine rings is 1. The number of hydrogen-bond donors (Lipinski definition) is 2. The molecule has 0 radical (unpaired) electrons. The van der Waals surface area contributed by atoms with Crippen LogP contribution in [-0.2, 0) is 0 Å². The number of nitrogens with two attached hydrogens (primary N) is 1. The number of aliphatic hydroxyl groups excluding tert-OH is 1. The molecule has 2 heterocycles. The molecule has 2 atom stereocenters. The summed E-state index contributed by atoms with van der Waals surface area (Å²) in [5.41, 5.74) is 7.49. The van der Waals surface area contributed by atoms with Gasteiger partial charge in [-0.05, 0) is 19.4 Å². The van der Waals surface area contributed by atoms with Crippen LogP contribution in [0, 0.1) is 0 Å². The molecular weight excluding hydrogens is 252 g/mol. The number of nitrogen functional groups attached to an aromatic ring is 1. The summed E-state index contributed by atoms with van der Waals surface area (Å²) in [6, 6.07) is 1.94. The highest BCUT2D eigenvalue weighted by Crippen LogP contribution is 2.26. The minimum atomic E-state index is -0.414. The number of nitrogens with zero attached hydrogens (tertiary/aromatic N) is 3. The quantitative estimate of drug-likeness (QED) is 0.762. The Morgan fingerprint density at radius 1 is 1.30 bits per heavy atom. The van der Waals surface area contributed by atoms with Crippen molar-refractivity contribution in [3.63, 3.8) is 0 Å². The van der Waals surface area contributed by atoms with Gasteiger partial charge in [0.25, 0.3) is 0 Å². The van der Waals surface area contributed by atoms with Gasteiger partial charge < -0.3 is 15.4 Å². The van der Waals surface area contributed by atoms with Crippen molar-refractivity contribution >= 4 is 16.9 Å². The normalized spacial score (nSPS) is 14.6. The highest BCUT2D eigenvalue weighted by atomic mass is 16.3. The maximum Gasteiger partial charge on any atom is 0.151 e. The van der Waals surface area contributed by atoms with Gasteiger partial charge in [-0.3, -0.25) is 0 Å². The zero-order valence-electron chi connectivity index (χ0n) is 12.3. The zero-order chi connectivity index (χ0) is 14.5. The molecule has 0 amide bonds. The molecule has 3 N–H and O–H groups in total. The van der Waals surface area contributed by atoms with Crippen molar-refractivity contribution in [1.82, 2.24) is 14.5 Å². The van der Waals surface area contributed by atoms with Crippen LogP contribution in [0.2, 0.25) is 0 Å². The smallest absolute Gasteiger partial charge is 0.151 e. The van der Waals surface area contributed by atoms with Gasteiger partial charge in [-0.1, -0.05) is 32.6 Å². The lowest BCUT2D eigenvalue weighted by atomic mass is 10.0. The first-order valence-corrected chi connectivity index (χ1v) is 7.40. The summed E-state index contributed by atoms with van der Waals surface area (Å²) in [4.78, 5) is 8.38. The largest absolute Gasteiger partial charge is 0.391 e. The maximum atomic E-state index is 10.1. The molecule has 0 aliphatic carbocycles. The third-order valence-corrected chi connectivity index (χ3v) is 3.79.